The lowest BCUT2D eigenvalue weighted by Crippen LogP contribution is -2.45. The number of carboxylic acids is 1. The van der Waals surface area contributed by atoms with Gasteiger partial charge in [0.25, 0.3) is 5.91 Å². The molecule has 0 bridgehead atoms. The first-order chi connectivity index (χ1) is 9.56. The monoisotopic (exact) mass is 300 g/mol. The first-order valence-electron chi connectivity index (χ1n) is 6.85. The average Bonchev–Trinajstić information content (AvgIpc) is 2.96. The van der Waals surface area contributed by atoms with Crippen LogP contribution in [0.4, 0.5) is 0 Å². The Balaban J connectivity index is 1.82. The Bertz CT molecular complexity index is 419. The lowest BCUT2D eigenvalue weighted by Gasteiger charge is -2.36. The molecule has 1 amide bonds. The van der Waals surface area contributed by atoms with Crippen LogP contribution >= 0.6 is 11.8 Å². The molecule has 1 unspecified atom stereocenters. The van der Waals surface area contributed by atoms with Crippen LogP contribution in [0, 0.1) is 0 Å². The van der Waals surface area contributed by atoms with Gasteiger partial charge >= 0.3 is 5.97 Å². The number of rotatable bonds is 5. The van der Waals surface area contributed by atoms with Gasteiger partial charge in [-0.25, -0.2) is 4.79 Å². The third-order valence-corrected chi connectivity index (χ3v) is 5.41. The topological polar surface area (TPSA) is 88.0 Å². The largest absolute Gasteiger partial charge is 0.477 e. The van der Waals surface area contributed by atoms with Gasteiger partial charge in [-0.1, -0.05) is 24.4 Å². The van der Waals surface area contributed by atoms with Crippen molar-refractivity contribution in [3.05, 3.63) is 0 Å². The van der Waals surface area contributed by atoms with Gasteiger partial charge < -0.3 is 15.3 Å². The van der Waals surface area contributed by atoms with Gasteiger partial charge in [0.05, 0.1) is 0 Å². The molecule has 1 aliphatic heterocycles. The summed E-state index contributed by atoms with van der Waals surface area (Å²) < 4.78 is 0.114. The van der Waals surface area contributed by atoms with E-state index in [4.69, 9.17) is 9.94 Å². The summed E-state index contributed by atoms with van der Waals surface area (Å²) in [6.45, 7) is 0.606. The van der Waals surface area contributed by atoms with Gasteiger partial charge in [-0.2, -0.15) is 11.8 Å². The van der Waals surface area contributed by atoms with E-state index < -0.39 is 12.1 Å². The number of carbonyl (C=O) groups excluding carboxylic acids is 1. The van der Waals surface area contributed by atoms with Crippen LogP contribution in [0.15, 0.2) is 5.16 Å². The van der Waals surface area contributed by atoms with Gasteiger partial charge in [-0.15, -0.1) is 0 Å². The summed E-state index contributed by atoms with van der Waals surface area (Å²) in [5, 5.41) is 15.1. The maximum atomic E-state index is 12.0. The standard InChI is InChI=1S/C13H20N2O4S/c1-20-13(5-3-2-4-6-13)8-14-11(16)10-7-9(12(17)18)15-19-10/h10H,2-8H2,1H3,(H,14,16)(H,17,18). The van der Waals surface area contributed by atoms with Gasteiger partial charge in [0, 0.05) is 17.7 Å². The van der Waals surface area contributed by atoms with Crippen LogP contribution in [0.3, 0.4) is 0 Å². The second kappa shape index (κ2) is 6.47. The summed E-state index contributed by atoms with van der Waals surface area (Å²) in [6, 6.07) is 0. The first-order valence-corrected chi connectivity index (χ1v) is 8.08. The van der Waals surface area contributed by atoms with Crippen LogP contribution in [0.1, 0.15) is 38.5 Å². The lowest BCUT2D eigenvalue weighted by atomic mass is 9.88. The molecule has 0 aromatic rings. The van der Waals surface area contributed by atoms with E-state index in [1.807, 2.05) is 0 Å². The van der Waals surface area contributed by atoms with Crippen LogP contribution in [0.5, 0.6) is 0 Å². The number of aliphatic carboxylic acids is 1. The van der Waals surface area contributed by atoms with Gasteiger partial charge in [-0.05, 0) is 19.1 Å². The minimum absolute atomic E-state index is 0.0352. The van der Waals surface area contributed by atoms with Crippen molar-refractivity contribution in [2.75, 3.05) is 12.8 Å². The normalized spacial score (nSPS) is 24.6. The minimum Gasteiger partial charge on any atom is -0.477 e. The van der Waals surface area contributed by atoms with Crippen LogP contribution in [0.2, 0.25) is 0 Å². The van der Waals surface area contributed by atoms with Crippen molar-refractivity contribution in [1.29, 1.82) is 0 Å². The van der Waals surface area contributed by atoms with Gasteiger partial charge in [0.15, 0.2) is 5.71 Å². The molecule has 20 heavy (non-hydrogen) atoms. The number of thioether (sulfide) groups is 1. The molecular formula is C13H20N2O4S. The second-order valence-corrected chi connectivity index (χ2v) is 6.58. The van der Waals surface area contributed by atoms with E-state index in [1.165, 1.54) is 19.3 Å². The van der Waals surface area contributed by atoms with E-state index in [-0.39, 0.29) is 22.8 Å². The highest BCUT2D eigenvalue weighted by Gasteiger charge is 2.35. The van der Waals surface area contributed by atoms with Crippen molar-refractivity contribution in [3.8, 4) is 0 Å². The van der Waals surface area contributed by atoms with Crippen LogP contribution in [-0.2, 0) is 14.4 Å². The molecule has 1 saturated carbocycles. The highest BCUT2D eigenvalue weighted by molar-refractivity contribution is 8.00. The van der Waals surface area contributed by atoms with Gasteiger partial charge in [-0.3, -0.25) is 4.79 Å². The number of carbonyl (C=O) groups is 2. The van der Waals surface area contributed by atoms with Crippen molar-refractivity contribution in [3.63, 3.8) is 0 Å². The predicted molar refractivity (Wildman–Crippen MR) is 76.9 cm³/mol. The summed E-state index contributed by atoms with van der Waals surface area (Å²) in [5.74, 6) is -1.41. The Morgan fingerprint density at radius 3 is 2.70 bits per heavy atom. The number of hydrogen-bond acceptors (Lipinski definition) is 5. The van der Waals surface area contributed by atoms with E-state index >= 15 is 0 Å². The van der Waals surface area contributed by atoms with Crippen LogP contribution < -0.4 is 5.32 Å². The number of nitrogens with one attached hydrogen (secondary N) is 1. The fraction of sp³-hybridized carbons (Fsp3) is 0.769. The summed E-state index contributed by atoms with van der Waals surface area (Å²) in [7, 11) is 0. The second-order valence-electron chi connectivity index (χ2n) is 5.31. The molecule has 0 saturated heterocycles. The molecule has 7 heteroatoms. The van der Waals surface area contributed by atoms with Gasteiger partial charge in [0.2, 0.25) is 6.10 Å². The number of amides is 1. The van der Waals surface area contributed by atoms with Crippen LogP contribution in [0.25, 0.3) is 0 Å². The Morgan fingerprint density at radius 2 is 2.15 bits per heavy atom. The van der Waals surface area contributed by atoms with E-state index in [1.54, 1.807) is 11.8 Å². The van der Waals surface area contributed by atoms with Crippen molar-refractivity contribution in [2.45, 2.75) is 49.4 Å². The molecule has 0 radical (unpaired) electrons. The predicted octanol–water partition coefficient (Wildman–Crippen LogP) is 1.40. The SMILES string of the molecule is CSC1(CNC(=O)C2CC(C(=O)O)=NO2)CCCCC1. The molecule has 1 heterocycles. The van der Waals surface area contributed by atoms with E-state index in [0.717, 1.165) is 12.8 Å². The zero-order chi connectivity index (χ0) is 14.6. The minimum atomic E-state index is -1.13. The third-order valence-electron chi connectivity index (χ3n) is 3.99. The quantitative estimate of drug-likeness (QED) is 0.801. The van der Waals surface area contributed by atoms with Crippen molar-refractivity contribution in [2.24, 2.45) is 5.16 Å². The van der Waals surface area contributed by atoms with Gasteiger partial charge in [0.1, 0.15) is 0 Å². The highest BCUT2D eigenvalue weighted by atomic mass is 32.2. The zero-order valence-corrected chi connectivity index (χ0v) is 12.4. The molecule has 0 aromatic carbocycles. The molecule has 2 N–H and O–H groups in total. The van der Waals surface area contributed by atoms with Crippen molar-refractivity contribution < 1.29 is 19.5 Å². The maximum absolute atomic E-state index is 12.0. The fourth-order valence-corrected chi connectivity index (χ4v) is 3.57. The molecule has 1 fully saturated rings. The average molecular weight is 300 g/mol. The lowest BCUT2D eigenvalue weighted by molar-refractivity contribution is -0.131. The molecule has 1 atom stereocenters. The molecule has 1 aliphatic carbocycles. The van der Waals surface area contributed by atoms with E-state index in [9.17, 15) is 9.59 Å². The summed E-state index contributed by atoms with van der Waals surface area (Å²) in [5.41, 5.74) is -0.0950. The first kappa shape index (κ1) is 15.2. The molecule has 2 rings (SSSR count). The summed E-state index contributed by atoms with van der Waals surface area (Å²) in [4.78, 5) is 27.6. The number of carboxylic acid groups (broad SMARTS) is 1. The van der Waals surface area contributed by atoms with E-state index in [2.05, 4.69) is 16.7 Å². The zero-order valence-electron chi connectivity index (χ0n) is 11.6. The van der Waals surface area contributed by atoms with Crippen molar-refractivity contribution in [1.82, 2.24) is 5.32 Å². The Labute approximate surface area is 122 Å². The molecule has 0 aromatic heterocycles. The fourth-order valence-electron chi connectivity index (χ4n) is 2.66. The molecule has 0 spiro atoms. The molecule has 2 aliphatic rings. The van der Waals surface area contributed by atoms with E-state index in [0.29, 0.717) is 6.54 Å². The Hall–Kier alpha value is -1.24. The smallest absolute Gasteiger partial charge is 0.353 e. The third kappa shape index (κ3) is 3.45. The highest BCUT2D eigenvalue weighted by Crippen LogP contribution is 2.37. The summed E-state index contributed by atoms with van der Waals surface area (Å²) in [6.07, 6.45) is 7.18. The number of oxime groups is 1. The van der Waals surface area contributed by atoms with Crippen LogP contribution in [-0.4, -0.2) is 46.3 Å². The molecular weight excluding hydrogens is 280 g/mol. The number of hydrogen-bond donors (Lipinski definition) is 2. The Morgan fingerprint density at radius 1 is 1.45 bits per heavy atom. The Kier molecular flexibility index (Phi) is 4.91. The molecule has 6 nitrogen and oxygen atoms in total. The number of nitrogens with zero attached hydrogens (tertiary/aromatic N) is 1. The molecule has 112 valence electrons. The maximum Gasteiger partial charge on any atom is 0.353 e. The summed E-state index contributed by atoms with van der Waals surface area (Å²) >= 11 is 1.80. The van der Waals surface area contributed by atoms with Crippen molar-refractivity contribution >= 4 is 29.4 Å².